The topological polar surface area (TPSA) is 72.8 Å². The van der Waals surface area contributed by atoms with E-state index in [1.54, 1.807) is 0 Å². The summed E-state index contributed by atoms with van der Waals surface area (Å²) in [6.45, 7) is -1.70. The van der Waals surface area contributed by atoms with Gasteiger partial charge in [-0.05, 0) is 56.3 Å². The first-order valence-corrected chi connectivity index (χ1v) is 8.99. The van der Waals surface area contributed by atoms with Crippen molar-refractivity contribution < 1.29 is 50.5 Å². The fourth-order valence-corrected chi connectivity index (χ4v) is 5.28. The molecule has 0 aromatic carbocycles. The number of carbonyl (C=O) groups is 2. The van der Waals surface area contributed by atoms with Gasteiger partial charge < -0.3 is 14.6 Å². The van der Waals surface area contributed by atoms with E-state index >= 15 is 0 Å². The molecule has 0 atom stereocenters. The average Bonchev–Trinajstić information content (AvgIpc) is 2.54. The third kappa shape index (κ3) is 3.46. The second kappa shape index (κ2) is 6.77. The van der Waals surface area contributed by atoms with Gasteiger partial charge in [-0.2, -0.15) is 26.3 Å². The van der Waals surface area contributed by atoms with Crippen LogP contribution in [-0.2, 0) is 19.1 Å². The quantitative estimate of drug-likeness (QED) is 0.422. The number of esters is 2. The van der Waals surface area contributed by atoms with Crippen molar-refractivity contribution in [3.05, 3.63) is 0 Å². The van der Waals surface area contributed by atoms with Crippen LogP contribution < -0.4 is 0 Å². The summed E-state index contributed by atoms with van der Waals surface area (Å²) < 4.78 is 84.3. The van der Waals surface area contributed by atoms with Crippen LogP contribution in [0.4, 0.5) is 26.3 Å². The lowest BCUT2D eigenvalue weighted by atomic mass is 9.49. The number of carbonyl (C=O) groups excluding carboxylic acids is 2. The Kier molecular flexibility index (Phi) is 5.13. The maximum Gasteiger partial charge on any atom is 0.437 e. The highest BCUT2D eigenvalue weighted by molar-refractivity contribution is 5.81. The summed E-state index contributed by atoms with van der Waals surface area (Å²) in [5.41, 5.74) is -6.29. The Morgan fingerprint density at radius 1 is 0.821 bits per heavy atom. The zero-order valence-corrected chi connectivity index (χ0v) is 14.7. The molecule has 0 spiro atoms. The molecule has 4 bridgehead atoms. The molecule has 0 radical (unpaired) electrons. The number of hydrogen-bond acceptors (Lipinski definition) is 5. The van der Waals surface area contributed by atoms with Gasteiger partial charge >= 0.3 is 29.9 Å². The molecule has 4 fully saturated rings. The highest BCUT2D eigenvalue weighted by Crippen LogP contribution is 2.60. The van der Waals surface area contributed by atoms with Crippen LogP contribution in [0.25, 0.3) is 0 Å². The van der Waals surface area contributed by atoms with E-state index in [0.717, 1.165) is 19.3 Å². The van der Waals surface area contributed by atoms with Gasteiger partial charge in [0.25, 0.3) is 0 Å². The van der Waals surface area contributed by atoms with Crippen molar-refractivity contribution in [3.8, 4) is 0 Å². The molecule has 160 valence electrons. The zero-order valence-electron chi connectivity index (χ0n) is 14.7. The van der Waals surface area contributed by atoms with Crippen LogP contribution >= 0.6 is 0 Å². The van der Waals surface area contributed by atoms with Crippen LogP contribution in [-0.4, -0.2) is 48.2 Å². The molecule has 0 amide bonds. The molecule has 0 unspecified atom stereocenters. The molecular weight excluding hydrogens is 398 g/mol. The number of halogens is 6. The molecule has 4 saturated carbocycles. The Morgan fingerprint density at radius 2 is 1.21 bits per heavy atom. The van der Waals surface area contributed by atoms with Crippen LogP contribution in [0.3, 0.4) is 0 Å². The fourth-order valence-electron chi connectivity index (χ4n) is 5.28. The van der Waals surface area contributed by atoms with Crippen molar-refractivity contribution in [3.63, 3.8) is 0 Å². The van der Waals surface area contributed by atoms with Gasteiger partial charge in [0.15, 0.2) is 0 Å². The van der Waals surface area contributed by atoms with Crippen LogP contribution in [0.2, 0.25) is 0 Å². The van der Waals surface area contributed by atoms with Crippen LogP contribution in [0, 0.1) is 23.2 Å². The summed E-state index contributed by atoms with van der Waals surface area (Å²) in [4.78, 5) is 23.8. The minimum Gasteiger partial charge on any atom is -0.462 e. The standard InChI is InChI=1S/C17H20F6O5/c18-16(19,20)15(26,17(21,22)23)13(25)28-2-1-27-12(24)14-6-9-3-10(7-14)5-11(4-9)8-14/h9-11,26H,1-8H2. The third-order valence-corrected chi connectivity index (χ3v) is 6.14. The minimum absolute atomic E-state index is 0.435. The van der Waals surface area contributed by atoms with Crippen molar-refractivity contribution in [2.24, 2.45) is 23.2 Å². The Hall–Kier alpha value is -1.52. The molecule has 5 nitrogen and oxygen atoms in total. The smallest absolute Gasteiger partial charge is 0.437 e. The first-order chi connectivity index (χ1) is 12.8. The summed E-state index contributed by atoms with van der Waals surface area (Å²) in [6, 6.07) is 0. The molecular formula is C17H20F6O5. The predicted molar refractivity (Wildman–Crippen MR) is 79.6 cm³/mol. The Labute approximate surface area is 156 Å². The molecule has 1 N–H and O–H groups in total. The van der Waals surface area contributed by atoms with E-state index in [1.165, 1.54) is 0 Å². The van der Waals surface area contributed by atoms with Gasteiger partial charge in [0, 0.05) is 0 Å². The third-order valence-electron chi connectivity index (χ3n) is 6.14. The van der Waals surface area contributed by atoms with Crippen LogP contribution in [0.1, 0.15) is 38.5 Å². The molecule has 11 heteroatoms. The van der Waals surface area contributed by atoms with E-state index in [-0.39, 0.29) is 0 Å². The van der Waals surface area contributed by atoms with E-state index < -0.39 is 48.5 Å². The van der Waals surface area contributed by atoms with Gasteiger partial charge in [0.05, 0.1) is 5.41 Å². The molecule has 4 aliphatic rings. The largest absolute Gasteiger partial charge is 0.462 e. The second-order valence-corrected chi connectivity index (χ2v) is 8.18. The molecule has 0 aromatic heterocycles. The van der Waals surface area contributed by atoms with Crippen LogP contribution in [0.5, 0.6) is 0 Å². The van der Waals surface area contributed by atoms with Crippen molar-refractivity contribution in [1.82, 2.24) is 0 Å². The summed E-state index contributed by atoms with van der Waals surface area (Å²) in [6.07, 6.45) is -7.41. The van der Waals surface area contributed by atoms with E-state index in [1.807, 2.05) is 0 Å². The van der Waals surface area contributed by atoms with Crippen LogP contribution in [0.15, 0.2) is 0 Å². The fraction of sp³-hybridized carbons (Fsp3) is 0.882. The van der Waals surface area contributed by atoms with Gasteiger partial charge in [-0.25, -0.2) is 4.79 Å². The monoisotopic (exact) mass is 418 g/mol. The van der Waals surface area contributed by atoms with Crippen molar-refractivity contribution >= 4 is 11.9 Å². The molecule has 0 aliphatic heterocycles. The lowest BCUT2D eigenvalue weighted by Gasteiger charge is -2.55. The molecule has 0 heterocycles. The molecule has 0 aromatic rings. The number of aliphatic hydroxyl groups is 1. The first-order valence-electron chi connectivity index (χ1n) is 8.99. The minimum atomic E-state index is -6.31. The second-order valence-electron chi connectivity index (χ2n) is 8.18. The molecule has 28 heavy (non-hydrogen) atoms. The average molecular weight is 418 g/mol. The van der Waals surface area contributed by atoms with E-state index in [2.05, 4.69) is 4.74 Å². The van der Waals surface area contributed by atoms with Crippen molar-refractivity contribution in [2.45, 2.75) is 56.5 Å². The van der Waals surface area contributed by atoms with Gasteiger partial charge in [0.2, 0.25) is 0 Å². The lowest BCUT2D eigenvalue weighted by molar-refractivity contribution is -0.357. The number of rotatable bonds is 5. The van der Waals surface area contributed by atoms with Crippen molar-refractivity contribution in [1.29, 1.82) is 0 Å². The molecule has 4 rings (SSSR count). The van der Waals surface area contributed by atoms with Gasteiger partial charge in [0.1, 0.15) is 13.2 Å². The molecule has 4 aliphatic carbocycles. The number of hydrogen-bond donors (Lipinski definition) is 1. The Balaban J connectivity index is 1.53. The van der Waals surface area contributed by atoms with Gasteiger partial charge in [-0.3, -0.25) is 4.79 Å². The van der Waals surface area contributed by atoms with Crippen molar-refractivity contribution in [2.75, 3.05) is 13.2 Å². The highest BCUT2D eigenvalue weighted by Gasteiger charge is 2.76. The maximum absolute atomic E-state index is 12.6. The van der Waals surface area contributed by atoms with E-state index in [9.17, 15) is 35.9 Å². The van der Waals surface area contributed by atoms with E-state index in [0.29, 0.717) is 37.0 Å². The van der Waals surface area contributed by atoms with E-state index in [4.69, 9.17) is 9.84 Å². The first kappa shape index (κ1) is 21.2. The normalized spacial score (nSPS) is 32.3. The van der Waals surface area contributed by atoms with Gasteiger partial charge in [-0.15, -0.1) is 0 Å². The maximum atomic E-state index is 12.6. The summed E-state index contributed by atoms with van der Waals surface area (Å²) >= 11 is 0. The molecule has 0 saturated heterocycles. The Morgan fingerprint density at radius 3 is 1.61 bits per heavy atom. The highest BCUT2D eigenvalue weighted by atomic mass is 19.4. The summed E-state index contributed by atoms with van der Waals surface area (Å²) in [5.74, 6) is -2.15. The predicted octanol–water partition coefficient (Wildman–Crippen LogP) is 3.14. The summed E-state index contributed by atoms with van der Waals surface area (Å²) in [5, 5.41) is 8.88. The number of alkyl halides is 6. The van der Waals surface area contributed by atoms with Gasteiger partial charge in [-0.1, -0.05) is 0 Å². The number of ether oxygens (including phenoxy) is 2. The zero-order chi connectivity index (χ0) is 21.0. The SMILES string of the molecule is O=C(OCCOC(=O)C(O)(C(F)(F)F)C(F)(F)F)C12CC3CC(CC(C3)C1)C2. The Bertz CT molecular complexity index is 592. The summed E-state index contributed by atoms with van der Waals surface area (Å²) in [7, 11) is 0. The lowest BCUT2D eigenvalue weighted by Crippen LogP contribution is -2.63.